The molecule has 3 nitrogen and oxygen atoms in total. The van der Waals surface area contributed by atoms with Crippen LogP contribution in [0.1, 0.15) is 17.5 Å². The SMILES string of the molecule is O=S(=O)(NC=C=Cc1c2ccccc2cc2ccccc12)c1ccc2c(c1)CCCS2. The lowest BCUT2D eigenvalue weighted by Gasteiger charge is -2.15. The average Bonchev–Trinajstić information content (AvgIpc) is 2.80. The quantitative estimate of drug-likeness (QED) is 0.305. The molecule has 0 atom stereocenters. The van der Waals surface area contributed by atoms with Crippen LogP contribution in [0.2, 0.25) is 0 Å². The van der Waals surface area contributed by atoms with Gasteiger partial charge in [0.1, 0.15) is 0 Å². The van der Waals surface area contributed by atoms with E-state index in [9.17, 15) is 8.42 Å². The summed E-state index contributed by atoms with van der Waals surface area (Å²) in [5.74, 6) is 1.09. The summed E-state index contributed by atoms with van der Waals surface area (Å²) in [6.07, 6.45) is 5.22. The summed E-state index contributed by atoms with van der Waals surface area (Å²) in [5, 5.41) is 4.50. The number of aryl methyl sites for hydroxylation is 1. The van der Waals surface area contributed by atoms with E-state index in [1.165, 1.54) is 11.1 Å². The Balaban J connectivity index is 1.48. The summed E-state index contributed by atoms with van der Waals surface area (Å²) >= 11 is 1.79. The summed E-state index contributed by atoms with van der Waals surface area (Å²) in [7, 11) is -3.63. The molecule has 4 aromatic carbocycles. The monoisotopic (exact) mass is 443 g/mol. The molecule has 5 heteroatoms. The third-order valence-electron chi connectivity index (χ3n) is 5.53. The Morgan fingerprint density at radius 3 is 2.35 bits per heavy atom. The van der Waals surface area contributed by atoms with Crippen molar-refractivity contribution in [1.29, 1.82) is 0 Å². The molecule has 0 saturated heterocycles. The Morgan fingerprint density at radius 2 is 1.61 bits per heavy atom. The summed E-state index contributed by atoms with van der Waals surface area (Å²) < 4.78 is 28.0. The second-order valence-corrected chi connectivity index (χ2v) is 10.4. The number of rotatable bonds is 4. The lowest BCUT2D eigenvalue weighted by molar-refractivity contribution is 0.590. The highest BCUT2D eigenvalue weighted by Gasteiger charge is 2.16. The van der Waals surface area contributed by atoms with Crippen molar-refractivity contribution in [3.05, 3.63) is 95.9 Å². The molecule has 1 heterocycles. The Bertz CT molecular complexity index is 1410. The number of hydrogen-bond acceptors (Lipinski definition) is 3. The van der Waals surface area contributed by atoms with E-state index in [1.807, 2.05) is 36.4 Å². The van der Waals surface area contributed by atoms with E-state index in [4.69, 9.17) is 0 Å². The molecule has 0 fully saturated rings. The maximum Gasteiger partial charge on any atom is 0.261 e. The van der Waals surface area contributed by atoms with Crippen molar-refractivity contribution in [3.8, 4) is 0 Å². The smallest absolute Gasteiger partial charge is 0.261 e. The molecule has 0 unspecified atom stereocenters. The van der Waals surface area contributed by atoms with Gasteiger partial charge in [0, 0.05) is 4.90 Å². The summed E-state index contributed by atoms with van der Waals surface area (Å²) in [5.41, 5.74) is 5.16. The van der Waals surface area contributed by atoms with Gasteiger partial charge < -0.3 is 0 Å². The second-order valence-electron chi connectivity index (χ2n) is 7.53. The molecule has 0 aromatic heterocycles. The van der Waals surface area contributed by atoms with Gasteiger partial charge in [0.15, 0.2) is 0 Å². The second kappa shape index (κ2) is 8.27. The number of thioether (sulfide) groups is 1. The molecule has 0 saturated carbocycles. The molecule has 0 spiro atoms. The molecule has 1 N–H and O–H groups in total. The summed E-state index contributed by atoms with van der Waals surface area (Å²) in [6, 6.07) is 23.9. The molecule has 5 rings (SSSR count). The van der Waals surface area contributed by atoms with Gasteiger partial charge in [0.25, 0.3) is 10.0 Å². The fourth-order valence-corrected chi connectivity index (χ4v) is 5.94. The van der Waals surface area contributed by atoms with Crippen molar-refractivity contribution in [1.82, 2.24) is 4.72 Å². The van der Waals surface area contributed by atoms with Crippen LogP contribution < -0.4 is 4.72 Å². The lowest BCUT2D eigenvalue weighted by Crippen LogP contribution is -2.18. The number of sulfonamides is 1. The molecule has 154 valence electrons. The van der Waals surface area contributed by atoms with Gasteiger partial charge >= 0.3 is 0 Å². The highest BCUT2D eigenvalue weighted by Crippen LogP contribution is 2.32. The van der Waals surface area contributed by atoms with E-state index in [1.54, 1.807) is 23.9 Å². The topological polar surface area (TPSA) is 46.2 Å². The van der Waals surface area contributed by atoms with Crippen LogP contribution in [0, 0.1) is 0 Å². The molecule has 31 heavy (non-hydrogen) atoms. The minimum Gasteiger partial charge on any atom is -0.279 e. The zero-order valence-electron chi connectivity index (χ0n) is 16.8. The standard InChI is InChI=1S/C26H21NO2S2/c28-31(29,22-13-14-26-21(18-22)9-6-16-30-26)27-15-5-12-25-23-10-3-1-7-19(23)17-20-8-2-4-11-24(20)25/h1-4,7-8,10-15,17-18,27H,6,9,16H2. The Kier molecular flexibility index (Phi) is 5.33. The van der Waals surface area contributed by atoms with Crippen molar-refractivity contribution in [2.24, 2.45) is 0 Å². The van der Waals surface area contributed by atoms with Gasteiger partial charge in [-0.15, -0.1) is 17.5 Å². The number of nitrogens with one attached hydrogen (secondary N) is 1. The van der Waals surface area contributed by atoms with Crippen LogP contribution in [0.5, 0.6) is 0 Å². The first-order valence-electron chi connectivity index (χ1n) is 10.2. The van der Waals surface area contributed by atoms with Crippen molar-refractivity contribution in [3.63, 3.8) is 0 Å². The maximum absolute atomic E-state index is 12.8. The Labute approximate surface area is 186 Å². The van der Waals surface area contributed by atoms with Gasteiger partial charge in [-0.2, -0.15) is 0 Å². The fraction of sp³-hybridized carbons (Fsp3) is 0.115. The van der Waals surface area contributed by atoms with Crippen molar-refractivity contribution >= 4 is 49.4 Å². The predicted octanol–water partition coefficient (Wildman–Crippen LogP) is 6.14. The first-order valence-corrected chi connectivity index (χ1v) is 12.7. The van der Waals surface area contributed by atoms with Crippen molar-refractivity contribution in [2.75, 3.05) is 5.75 Å². The molecule has 0 aliphatic carbocycles. The normalized spacial score (nSPS) is 13.4. The fourth-order valence-electron chi connectivity index (χ4n) is 4.01. The van der Waals surface area contributed by atoms with Crippen LogP contribution in [0.3, 0.4) is 0 Å². The molecule has 1 aliphatic heterocycles. The van der Waals surface area contributed by atoms with Crippen LogP contribution >= 0.6 is 11.8 Å². The molecular weight excluding hydrogens is 422 g/mol. The first kappa shape index (κ1) is 20.0. The molecular formula is C26H21NO2S2. The van der Waals surface area contributed by atoms with Crippen LogP contribution in [-0.2, 0) is 16.4 Å². The van der Waals surface area contributed by atoms with E-state index in [0.29, 0.717) is 4.90 Å². The van der Waals surface area contributed by atoms with Crippen molar-refractivity contribution < 1.29 is 8.42 Å². The van der Waals surface area contributed by atoms with Gasteiger partial charge in [0.05, 0.1) is 11.1 Å². The lowest BCUT2D eigenvalue weighted by atomic mass is 9.97. The number of benzene rings is 4. The third-order valence-corrected chi connectivity index (χ3v) is 8.03. The van der Waals surface area contributed by atoms with Crippen LogP contribution in [0.4, 0.5) is 0 Å². The highest BCUT2D eigenvalue weighted by atomic mass is 32.2. The molecule has 0 radical (unpaired) electrons. The zero-order valence-corrected chi connectivity index (χ0v) is 18.5. The predicted molar refractivity (Wildman–Crippen MR) is 130 cm³/mol. The van der Waals surface area contributed by atoms with E-state index in [-0.39, 0.29) is 0 Å². The summed E-state index contributed by atoms with van der Waals surface area (Å²) in [4.78, 5) is 1.48. The van der Waals surface area contributed by atoms with E-state index >= 15 is 0 Å². The third kappa shape index (κ3) is 4.00. The number of fused-ring (bicyclic) bond motifs is 3. The molecule has 0 bridgehead atoms. The zero-order chi connectivity index (χ0) is 21.3. The largest absolute Gasteiger partial charge is 0.279 e. The highest BCUT2D eigenvalue weighted by molar-refractivity contribution is 7.99. The average molecular weight is 444 g/mol. The Hall–Kier alpha value is -2.98. The van der Waals surface area contributed by atoms with Gasteiger partial charge in [-0.3, -0.25) is 4.72 Å². The Morgan fingerprint density at radius 1 is 0.903 bits per heavy atom. The first-order chi connectivity index (χ1) is 15.1. The molecule has 0 amide bonds. The maximum atomic E-state index is 12.8. The minimum absolute atomic E-state index is 0.294. The van der Waals surface area contributed by atoms with Gasteiger partial charge in [0.2, 0.25) is 0 Å². The van der Waals surface area contributed by atoms with E-state index < -0.39 is 10.0 Å². The summed E-state index contributed by atoms with van der Waals surface area (Å²) in [6.45, 7) is 0. The van der Waals surface area contributed by atoms with E-state index in [0.717, 1.165) is 51.3 Å². The molecule has 1 aliphatic rings. The van der Waals surface area contributed by atoms with Crippen LogP contribution in [0.25, 0.3) is 27.6 Å². The van der Waals surface area contributed by atoms with Crippen LogP contribution in [0.15, 0.2) is 94.5 Å². The van der Waals surface area contributed by atoms with Gasteiger partial charge in [-0.1, -0.05) is 48.5 Å². The van der Waals surface area contributed by atoms with Gasteiger partial charge in [-0.25, -0.2) is 8.42 Å². The van der Waals surface area contributed by atoms with Crippen LogP contribution in [-0.4, -0.2) is 14.2 Å². The number of hydrogen-bond donors (Lipinski definition) is 1. The van der Waals surface area contributed by atoms with Crippen molar-refractivity contribution in [2.45, 2.75) is 22.6 Å². The minimum atomic E-state index is -3.63. The van der Waals surface area contributed by atoms with E-state index in [2.05, 4.69) is 40.8 Å². The van der Waals surface area contributed by atoms with Gasteiger partial charge in [-0.05, 0) is 81.6 Å². The molecule has 4 aromatic rings.